The molecule has 27 heavy (non-hydrogen) atoms. The summed E-state index contributed by atoms with van der Waals surface area (Å²) >= 11 is 0. The number of carbonyl (C=O) groups is 2. The van der Waals surface area contributed by atoms with Crippen LogP contribution in [0.15, 0.2) is 12.1 Å². The summed E-state index contributed by atoms with van der Waals surface area (Å²) in [4.78, 5) is 26.7. The number of carbonyl (C=O) groups excluding carboxylic acids is 1. The fourth-order valence-corrected chi connectivity index (χ4v) is 5.21. The predicted molar refractivity (Wildman–Crippen MR) is 99.0 cm³/mol. The predicted octanol–water partition coefficient (Wildman–Crippen LogP) is 3.18. The van der Waals surface area contributed by atoms with Gasteiger partial charge >= 0.3 is 5.97 Å². The van der Waals surface area contributed by atoms with Crippen molar-refractivity contribution in [3.05, 3.63) is 23.3 Å². The molecule has 146 valence electrons. The van der Waals surface area contributed by atoms with E-state index in [2.05, 4.69) is 0 Å². The van der Waals surface area contributed by atoms with Gasteiger partial charge in [-0.15, -0.1) is 0 Å². The van der Waals surface area contributed by atoms with E-state index in [0.29, 0.717) is 24.5 Å². The van der Waals surface area contributed by atoms with Gasteiger partial charge in [-0.25, -0.2) is 0 Å². The van der Waals surface area contributed by atoms with E-state index in [9.17, 15) is 14.7 Å². The first-order chi connectivity index (χ1) is 13.0. The average molecular weight is 373 g/mol. The third-order valence-electron chi connectivity index (χ3n) is 6.74. The minimum absolute atomic E-state index is 0.0815. The van der Waals surface area contributed by atoms with Gasteiger partial charge in [0, 0.05) is 12.5 Å². The molecule has 1 aromatic carbocycles. The number of rotatable bonds is 5. The van der Waals surface area contributed by atoms with E-state index in [-0.39, 0.29) is 23.7 Å². The van der Waals surface area contributed by atoms with Crippen LogP contribution in [0.5, 0.6) is 11.5 Å². The van der Waals surface area contributed by atoms with E-state index < -0.39 is 12.0 Å². The van der Waals surface area contributed by atoms with Crippen molar-refractivity contribution < 1.29 is 24.2 Å². The van der Waals surface area contributed by atoms with Gasteiger partial charge in [0.2, 0.25) is 5.91 Å². The second-order valence-corrected chi connectivity index (χ2v) is 8.13. The molecule has 2 atom stereocenters. The number of aliphatic carboxylic acids is 1. The smallest absolute Gasteiger partial charge is 0.305 e. The summed E-state index contributed by atoms with van der Waals surface area (Å²) in [6.07, 6.45) is 6.29. The van der Waals surface area contributed by atoms with Crippen molar-refractivity contribution in [3.63, 3.8) is 0 Å². The van der Waals surface area contributed by atoms with Crippen LogP contribution < -0.4 is 9.47 Å². The van der Waals surface area contributed by atoms with Crippen LogP contribution in [-0.2, 0) is 16.0 Å². The molecule has 2 unspecified atom stereocenters. The molecule has 4 rings (SSSR count). The van der Waals surface area contributed by atoms with Crippen LogP contribution in [0.4, 0.5) is 0 Å². The highest BCUT2D eigenvalue weighted by atomic mass is 16.5. The summed E-state index contributed by atoms with van der Waals surface area (Å²) < 4.78 is 10.8. The maximum absolute atomic E-state index is 13.3. The first-order valence-corrected chi connectivity index (χ1v) is 9.76. The molecule has 2 aliphatic carbocycles. The molecule has 1 aliphatic heterocycles. The minimum atomic E-state index is -0.896. The van der Waals surface area contributed by atoms with Crippen molar-refractivity contribution in [1.29, 1.82) is 0 Å². The number of carboxylic acid groups (broad SMARTS) is 1. The van der Waals surface area contributed by atoms with E-state index in [1.165, 1.54) is 12.8 Å². The third kappa shape index (κ3) is 3.05. The van der Waals surface area contributed by atoms with Crippen molar-refractivity contribution in [3.8, 4) is 11.5 Å². The van der Waals surface area contributed by atoms with Crippen LogP contribution in [0.25, 0.3) is 0 Å². The van der Waals surface area contributed by atoms with Gasteiger partial charge in [0.05, 0.1) is 26.7 Å². The molecule has 0 bridgehead atoms. The fourth-order valence-electron chi connectivity index (χ4n) is 5.21. The number of hydrogen-bond donors (Lipinski definition) is 1. The number of hydrogen-bond acceptors (Lipinski definition) is 4. The summed E-state index contributed by atoms with van der Waals surface area (Å²) in [6.45, 7) is 0.561. The summed E-state index contributed by atoms with van der Waals surface area (Å²) in [5, 5.41) is 9.48. The van der Waals surface area contributed by atoms with Crippen LogP contribution >= 0.6 is 0 Å². The zero-order chi connectivity index (χ0) is 19.2. The largest absolute Gasteiger partial charge is 0.493 e. The van der Waals surface area contributed by atoms with E-state index >= 15 is 0 Å². The van der Waals surface area contributed by atoms with Gasteiger partial charge in [-0.2, -0.15) is 0 Å². The Labute approximate surface area is 159 Å². The minimum Gasteiger partial charge on any atom is -0.493 e. The molecule has 2 saturated carbocycles. The first kappa shape index (κ1) is 18.1. The molecule has 1 aromatic rings. The second-order valence-electron chi connectivity index (χ2n) is 8.13. The highest BCUT2D eigenvalue weighted by Gasteiger charge is 2.60. The SMILES string of the molecule is COc1cc2c(cc1OC)C(CC(=O)O)N(C(=O)C1CC13CCCC3)CC2. The first-order valence-electron chi connectivity index (χ1n) is 9.76. The van der Waals surface area contributed by atoms with E-state index in [1.807, 2.05) is 17.0 Å². The molecule has 6 nitrogen and oxygen atoms in total. The molecular formula is C21H27NO5. The Bertz CT molecular complexity index is 768. The lowest BCUT2D eigenvalue weighted by molar-refractivity contribution is -0.142. The van der Waals surface area contributed by atoms with Crippen LogP contribution in [0, 0.1) is 11.3 Å². The Morgan fingerprint density at radius 3 is 2.48 bits per heavy atom. The summed E-state index contributed by atoms with van der Waals surface area (Å²) in [7, 11) is 3.15. The van der Waals surface area contributed by atoms with Crippen molar-refractivity contribution in [2.75, 3.05) is 20.8 Å². The maximum atomic E-state index is 13.3. The lowest BCUT2D eigenvalue weighted by Crippen LogP contribution is -2.42. The number of benzene rings is 1. The number of methoxy groups -OCH3 is 2. The normalized spacial score (nSPS) is 25.2. The van der Waals surface area contributed by atoms with Gasteiger partial charge in [0.1, 0.15) is 0 Å². The Balaban J connectivity index is 1.65. The lowest BCUT2D eigenvalue weighted by atomic mass is 9.89. The standard InChI is InChI=1S/C21H27NO5/c1-26-17-9-13-5-8-22(20(25)15-12-21(15)6-3-4-7-21)16(11-19(23)24)14(13)10-18(17)27-2/h9-10,15-16H,3-8,11-12H2,1-2H3,(H,23,24). The number of amides is 1. The number of carboxylic acids is 1. The van der Waals surface area contributed by atoms with E-state index in [1.54, 1.807) is 14.2 Å². The van der Waals surface area contributed by atoms with Gasteiger partial charge in [-0.1, -0.05) is 12.8 Å². The molecule has 0 radical (unpaired) electrons. The highest BCUT2D eigenvalue weighted by molar-refractivity contribution is 5.84. The van der Waals surface area contributed by atoms with Crippen LogP contribution in [0.2, 0.25) is 0 Å². The highest BCUT2D eigenvalue weighted by Crippen LogP contribution is 2.63. The number of fused-ring (bicyclic) bond motifs is 1. The zero-order valence-corrected chi connectivity index (χ0v) is 16.0. The average Bonchev–Trinajstić information content (AvgIpc) is 3.16. The van der Waals surface area contributed by atoms with Crippen molar-refractivity contribution in [2.45, 2.75) is 51.0 Å². The summed E-state index contributed by atoms with van der Waals surface area (Å²) in [5.74, 6) is 0.533. The lowest BCUT2D eigenvalue weighted by Gasteiger charge is -2.37. The Kier molecular flexibility index (Phi) is 4.52. The van der Waals surface area contributed by atoms with Gasteiger partial charge in [0.15, 0.2) is 11.5 Å². The Morgan fingerprint density at radius 1 is 1.19 bits per heavy atom. The van der Waals surface area contributed by atoms with E-state index in [0.717, 1.165) is 30.4 Å². The molecule has 1 amide bonds. The van der Waals surface area contributed by atoms with E-state index in [4.69, 9.17) is 9.47 Å². The summed E-state index contributed by atoms with van der Waals surface area (Å²) in [5.41, 5.74) is 2.12. The molecule has 3 aliphatic rings. The molecule has 0 aromatic heterocycles. The Hall–Kier alpha value is -2.24. The number of ether oxygens (including phenoxy) is 2. The van der Waals surface area contributed by atoms with Crippen LogP contribution in [0.3, 0.4) is 0 Å². The third-order valence-corrected chi connectivity index (χ3v) is 6.74. The van der Waals surface area contributed by atoms with Crippen molar-refractivity contribution in [2.24, 2.45) is 11.3 Å². The van der Waals surface area contributed by atoms with Crippen molar-refractivity contribution >= 4 is 11.9 Å². The van der Waals surface area contributed by atoms with Crippen molar-refractivity contribution in [1.82, 2.24) is 4.90 Å². The maximum Gasteiger partial charge on any atom is 0.305 e. The molecule has 0 saturated heterocycles. The molecule has 1 heterocycles. The number of nitrogens with zero attached hydrogens (tertiary/aromatic N) is 1. The molecule has 1 spiro atoms. The topological polar surface area (TPSA) is 76.1 Å². The second kappa shape index (κ2) is 6.73. The Morgan fingerprint density at radius 2 is 1.85 bits per heavy atom. The quantitative estimate of drug-likeness (QED) is 0.858. The van der Waals surface area contributed by atoms with Gasteiger partial charge in [-0.3, -0.25) is 9.59 Å². The fraction of sp³-hybridized carbons (Fsp3) is 0.619. The van der Waals surface area contributed by atoms with Crippen LogP contribution in [0.1, 0.15) is 55.7 Å². The van der Waals surface area contributed by atoms with Crippen LogP contribution in [-0.4, -0.2) is 42.6 Å². The molecule has 2 fully saturated rings. The molecule has 1 N–H and O–H groups in total. The zero-order valence-electron chi connectivity index (χ0n) is 16.0. The van der Waals surface area contributed by atoms with Gasteiger partial charge in [-0.05, 0) is 54.4 Å². The van der Waals surface area contributed by atoms with Gasteiger partial charge < -0.3 is 19.5 Å². The molecular weight excluding hydrogens is 346 g/mol. The van der Waals surface area contributed by atoms with Gasteiger partial charge in [0.25, 0.3) is 0 Å². The molecule has 6 heteroatoms. The monoisotopic (exact) mass is 373 g/mol. The summed E-state index contributed by atoms with van der Waals surface area (Å²) in [6, 6.07) is 3.32.